The van der Waals surface area contributed by atoms with Crippen LogP contribution in [0.15, 0.2) is 229 Å². The average molecular weight is 2170 g/mol. The topological polar surface area (TPSA) is 702 Å². The fourth-order valence-electron chi connectivity index (χ4n) is 12.0. The number of phenols is 14. The molecule has 39 heteroatoms. The van der Waals surface area contributed by atoms with Gasteiger partial charge >= 0.3 is 0 Å². The monoisotopic (exact) mass is 2170 g/mol. The van der Waals surface area contributed by atoms with Gasteiger partial charge in [-0.25, -0.2) is 13.8 Å². The normalized spacial score (nSPS) is 13.0. The minimum Gasteiger partial charge on any atom is -0.508 e. The van der Waals surface area contributed by atoms with Crippen molar-refractivity contribution >= 4 is 62.8 Å². The number of benzene rings is 11. The van der Waals surface area contributed by atoms with Gasteiger partial charge in [-0.15, -0.1) is 0 Å². The first-order valence-electron chi connectivity index (χ1n) is 44.2. The minimum absolute atomic E-state index is 0.0871. The van der Waals surface area contributed by atoms with Crippen molar-refractivity contribution in [2.45, 2.75) is 148 Å². The van der Waals surface area contributed by atoms with E-state index in [0.717, 1.165) is 92.3 Å². The molecule has 0 amide bonds. The maximum atomic E-state index is 13.0. The lowest BCUT2D eigenvalue weighted by Gasteiger charge is -2.36. The fraction of sp³-hybridized carbons (Fsp3) is 0.327. The van der Waals surface area contributed by atoms with Crippen LogP contribution in [0.3, 0.4) is 0 Å². The van der Waals surface area contributed by atoms with Crippen molar-refractivity contribution in [3.05, 3.63) is 299 Å². The number of halogens is 5. The largest absolute Gasteiger partial charge is 0.508 e. The van der Waals surface area contributed by atoms with Gasteiger partial charge in [0.25, 0.3) is 0 Å². The molecule has 11 aromatic carbocycles. The van der Waals surface area contributed by atoms with Gasteiger partial charge in [0.1, 0.15) is 34.6 Å². The van der Waals surface area contributed by atoms with Gasteiger partial charge in [0.15, 0.2) is 69.4 Å². The summed E-state index contributed by atoms with van der Waals surface area (Å²) in [5.74, 6) is -2.89. The van der Waals surface area contributed by atoms with E-state index in [-0.39, 0.29) is 112 Å². The highest BCUT2D eigenvalue weighted by atomic mass is 125. The van der Waals surface area contributed by atoms with Crippen LogP contribution in [0.4, 0.5) is 18.9 Å². The van der Waals surface area contributed by atoms with Crippen LogP contribution < -0.4 is 56.5 Å². The standard InChI is InChI=1S/C11H15IN4.C11H16O2.C10H14O3.C10H14O2.2C9H13NO2.C8H10FNO3.C8H10FNO2.C8H10IN3.C8H11NO3.C8H11NO2.CH3F/c12-9-1-3-10(4-2-9)15-5-7-16(8-6-15)11(13)14;1-3-8(2)11(13)9-5-4-6-10(12)7-9;1-2-3-8(11)7-4-5-9(12)10(13)6-7;1-2-4-10(12)8-5-3-6-9(11)7-8;2*1-6(10)9(12)7-3-2-4-8(11)5-7;9-5-2-7(12)6(11)1-4(5)8(13)3-10;9-6-4-8(12)7(11)3-5(6)1-2-10;9-7-3-1-2-6(4-7)5-12-8(10)11;9-4-8(12)5-1-2-6(10)7(11)3-5;9-4-3-6-1-2-7(10)8(11)5-6;1-2/h1-4H,5-8H2,(H3,13,14);4-8,11-13H,3H2,1-2H3;4-6,8,11-13H,2-3H2,1H3;3,5-7,10-12H,2,4H2,1H3;2*2-6,9,11-12H,10H2,1H3;1-2,8,11-13H,3,10H2;3-4,11-12H,1-2,10H2;1-4H,5H2,(H4,10,11,12);1-3,8,10-12H,4,9H2;1-2,5,10-11H,3-4,9H2;1H3/t;8-,11+;8-;10-;6-,9-;;8-;;;;;/m.1000.0...../s1/i12-2;;;;;;2*9-1;9-4;;;2-1. The summed E-state index contributed by atoms with van der Waals surface area (Å²) < 4.78 is 37.8. The third kappa shape index (κ3) is 49.0. The van der Waals surface area contributed by atoms with Crippen molar-refractivity contribution in [2.24, 2.45) is 62.5 Å². The molecule has 10 atom stereocenters. The Labute approximate surface area is 842 Å². The quantitative estimate of drug-likeness (QED) is 0.0116. The summed E-state index contributed by atoms with van der Waals surface area (Å²) >= 11 is 4.56. The van der Waals surface area contributed by atoms with Crippen LogP contribution in [-0.4, -0.2) is 196 Å². The number of nitrogens with two attached hydrogens (primary N) is 9. The summed E-state index contributed by atoms with van der Waals surface area (Å²) in [6.07, 6.45) is 0.338. The van der Waals surface area contributed by atoms with E-state index in [1.165, 1.54) is 73.5 Å². The predicted octanol–water partition coefficient (Wildman–Crippen LogP) is 12.8. The Morgan fingerprint density at radius 1 is 0.407 bits per heavy atom. The fourth-order valence-corrected chi connectivity index (χ4v) is 13.0. The second kappa shape index (κ2) is 68.7. The maximum absolute atomic E-state index is 13.0. The first kappa shape index (κ1) is 126. The molecule has 1 heterocycles. The van der Waals surface area contributed by atoms with Crippen molar-refractivity contribution in [3.63, 3.8) is 0 Å². The van der Waals surface area contributed by atoms with E-state index in [1.54, 1.807) is 98.8 Å². The van der Waals surface area contributed by atoms with E-state index >= 15 is 0 Å². The van der Waals surface area contributed by atoms with Crippen LogP contribution in [-0.2, 0) is 19.4 Å². The Bertz CT molecular complexity index is 5340. The van der Waals surface area contributed by atoms with E-state index < -0.39 is 71.6 Å². The van der Waals surface area contributed by atoms with Gasteiger partial charge in [0, 0.05) is 81.9 Å². The van der Waals surface area contributed by atoms with E-state index in [9.17, 15) is 48.9 Å². The molecule has 34 nitrogen and oxygen atoms in total. The summed E-state index contributed by atoms with van der Waals surface area (Å²) in [6.45, 7) is 16.3. The summed E-state index contributed by atoms with van der Waals surface area (Å²) in [5.41, 5.74) is 55.1. The summed E-state index contributed by atoms with van der Waals surface area (Å²) in [6, 6.07) is 59.3. The average Bonchev–Trinajstić information content (AvgIpc) is 0.843. The molecule has 0 aromatic heterocycles. The molecule has 11 aromatic rings. The zero-order valence-electron chi connectivity index (χ0n) is 79.3. The zero-order valence-corrected chi connectivity index (χ0v) is 83.6. The molecule has 140 heavy (non-hydrogen) atoms. The molecule has 3 unspecified atom stereocenters. The van der Waals surface area contributed by atoms with Gasteiger partial charge < -0.3 is 169 Å². The first-order valence-corrected chi connectivity index (χ1v) is 46.3. The number of hydrogen-bond donors (Lipinski definition) is 31. The summed E-state index contributed by atoms with van der Waals surface area (Å²) in [4.78, 5) is 8.14. The molecule has 40 N–H and O–H groups in total. The number of aliphatic imine (C=N–C) groups is 1. The third-order valence-corrected chi connectivity index (χ3v) is 21.4. The second-order valence-electron chi connectivity index (χ2n) is 31.3. The molecule has 0 aliphatic carbocycles. The molecule has 770 valence electrons. The molecule has 0 saturated carbocycles. The molecule has 0 radical (unpaired) electrons. The van der Waals surface area contributed by atoms with Gasteiger partial charge in [-0.05, 0) is 287 Å². The highest BCUT2D eigenvalue weighted by molar-refractivity contribution is 14.1. The van der Waals surface area contributed by atoms with Crippen molar-refractivity contribution in [2.75, 3.05) is 64.4 Å². The molecule has 0 bridgehead atoms. The number of anilines is 1. The number of alkyl halides is 1. The Balaban J connectivity index is 0.000000769. The number of piperazine rings is 1. The lowest BCUT2D eigenvalue weighted by Crippen LogP contribution is -2.50. The van der Waals surface area contributed by atoms with Crippen LogP contribution in [0, 0.1) is 30.1 Å². The van der Waals surface area contributed by atoms with Crippen LogP contribution in [0.2, 0.25) is 0 Å². The Morgan fingerprint density at radius 2 is 0.786 bits per heavy atom. The van der Waals surface area contributed by atoms with Gasteiger partial charge in [-0.3, -0.25) is 9.80 Å². The number of aliphatic hydroxyl groups excluding tert-OH is 7. The molecular weight excluding hydrogens is 2030 g/mol. The highest BCUT2D eigenvalue weighted by Crippen LogP contribution is 2.35. The number of nitrogens with one attached hydrogen (secondary N) is 1. The van der Waals surface area contributed by atoms with E-state index in [1.807, 2.05) is 69.0 Å². The van der Waals surface area contributed by atoms with Gasteiger partial charge in [0.2, 0.25) is 0 Å². The van der Waals surface area contributed by atoms with Crippen molar-refractivity contribution in [1.29, 1.82) is 5.41 Å². The van der Waals surface area contributed by atoms with Crippen molar-refractivity contribution in [1.82, 2.24) is 4.90 Å². The second-order valence-corrected chi connectivity index (χ2v) is 33.8. The Kier molecular flexibility index (Phi) is 61.7. The van der Waals surface area contributed by atoms with E-state index in [4.69, 9.17) is 129 Å². The number of phenolic OH excluding ortho intramolecular Hbond substituents is 14. The lowest BCUT2D eigenvalue weighted by molar-refractivity contribution is 0.115. The predicted molar refractivity (Wildman–Crippen MR) is 557 cm³/mol. The van der Waals surface area contributed by atoms with Crippen molar-refractivity contribution < 1.29 is 120 Å². The maximum Gasteiger partial charge on any atom is 0.188 e. The number of rotatable bonds is 24. The van der Waals surface area contributed by atoms with Gasteiger partial charge in [-0.2, -0.15) is 0 Å². The number of aromatic hydroxyl groups is 14. The van der Waals surface area contributed by atoms with E-state index in [2.05, 4.69) is 79.3 Å². The van der Waals surface area contributed by atoms with Crippen LogP contribution in [0.5, 0.6) is 80.5 Å². The molecule has 1 aliphatic heterocycles. The number of hydrogen-bond acceptors (Lipinski definition) is 30. The van der Waals surface area contributed by atoms with Gasteiger partial charge in [-0.1, -0.05) is 126 Å². The first-order chi connectivity index (χ1) is 66.2. The van der Waals surface area contributed by atoms with Crippen molar-refractivity contribution in [3.8, 4) is 80.5 Å². The zero-order chi connectivity index (χ0) is 106. The van der Waals surface area contributed by atoms with Crippen LogP contribution in [0.25, 0.3) is 0 Å². The minimum atomic E-state index is -1.17. The Morgan fingerprint density at radius 3 is 1.17 bits per heavy atom. The summed E-state index contributed by atoms with van der Waals surface area (Å²) in [5, 5.41) is 200. The highest BCUT2D eigenvalue weighted by Gasteiger charge is 2.21. The molecular formula is C101H140F3I2N13O21. The number of guanidine groups is 2. The molecule has 12 rings (SSSR count). The number of nitrogens with zero attached hydrogens (tertiary/aromatic N) is 3. The Hall–Kier alpha value is -12.3. The lowest BCUT2D eigenvalue weighted by atomic mass is 9.95. The molecule has 1 fully saturated rings. The van der Waals surface area contributed by atoms with Gasteiger partial charge in [0.05, 0.1) is 56.5 Å². The molecule has 1 aliphatic rings. The SMILES string of the molecule is CC(N)C(O)c1cccc(O)c1.CCC[C@H](O)c1ccc(O)c(O)c1.CCC[C@H](O)c1cccc(O)c1.CC[C@@H](C)[C@H](O)c1cccc(O)c1.C[18F].C[C@H](N)[C@H](O)c1cccc(O)c1.N=C(N)N1CCN(c2ccc([125I])cc2)CC1.NC(N)=NCc1cccc([123I])c1.NCC(O)c1ccc(O)c(O)c1.NCCc1cc(O)c(O)cc1[18F].NCCc1ccc(O)c(O)c1.NC[C@H](O)c1cc(O)c(O)cc1[18F]. The third-order valence-electron chi connectivity index (χ3n) is 20.0. The molecule has 1 saturated heterocycles. The van der Waals surface area contributed by atoms with Crippen LogP contribution in [0.1, 0.15) is 172 Å². The molecule has 0 spiro atoms. The number of aliphatic hydroxyl groups is 7. The smallest absolute Gasteiger partial charge is 0.188 e. The summed E-state index contributed by atoms with van der Waals surface area (Å²) in [7, 11) is 0.500. The van der Waals surface area contributed by atoms with Crippen LogP contribution >= 0.6 is 45.2 Å². The van der Waals surface area contributed by atoms with E-state index in [0.29, 0.717) is 73.9 Å².